The largest absolute Gasteiger partial charge is 0.508 e. The van der Waals surface area contributed by atoms with Gasteiger partial charge in [-0.15, -0.1) is 0 Å². The van der Waals surface area contributed by atoms with Crippen molar-refractivity contribution < 1.29 is 88.2 Å². The number of hydrogen-bond donors (Lipinski definition) is 17. The van der Waals surface area contributed by atoms with Crippen molar-refractivity contribution in [2.45, 2.75) is 148 Å². The molecule has 30 heteroatoms. The number of likely N-dealkylation sites (tertiary alicyclic amines) is 1. The van der Waals surface area contributed by atoms with E-state index in [0.717, 1.165) is 4.90 Å². The van der Waals surface area contributed by atoms with Gasteiger partial charge in [0.1, 0.15) is 72.2 Å². The number of rotatable bonds is 32. The van der Waals surface area contributed by atoms with Gasteiger partial charge >= 0.3 is 0 Å². The molecule has 1 heterocycles. The lowest BCUT2D eigenvalue weighted by molar-refractivity contribution is -0.142. The van der Waals surface area contributed by atoms with Crippen LogP contribution in [0.1, 0.15) is 80.2 Å². The highest BCUT2D eigenvalue weighted by Crippen LogP contribution is 2.20. The van der Waals surface area contributed by atoms with Crippen LogP contribution in [0, 0.1) is 17.8 Å². The molecule has 0 spiro atoms. The van der Waals surface area contributed by atoms with E-state index in [-0.39, 0.29) is 37.5 Å². The Labute approximate surface area is 462 Å². The number of phenolic OH excluding ortho intramolecular Hbond substituents is 1. The van der Waals surface area contributed by atoms with Crippen LogP contribution in [-0.2, 0) is 64.0 Å². The highest BCUT2D eigenvalue weighted by molar-refractivity contribution is 5.99. The Hall–Kier alpha value is -7.54. The third-order valence-electron chi connectivity index (χ3n) is 12.6. The van der Waals surface area contributed by atoms with Crippen LogP contribution < -0.4 is 58.9 Å². The van der Waals surface area contributed by atoms with Gasteiger partial charge in [0.15, 0.2) is 0 Å². The van der Waals surface area contributed by atoms with E-state index in [4.69, 9.17) is 5.73 Å². The lowest BCUT2D eigenvalue weighted by atomic mass is 10.0. The Bertz CT molecular complexity index is 2340. The maximum atomic E-state index is 13.8. The molecule has 1 aliphatic heterocycles. The number of nitrogens with one attached hydrogen (secondary N) is 10. The molecule has 0 bridgehead atoms. The summed E-state index contributed by atoms with van der Waals surface area (Å²) in [5.41, 5.74) is 5.90. The molecule has 12 amide bonds. The van der Waals surface area contributed by atoms with Gasteiger partial charge in [-0.25, -0.2) is 0 Å². The lowest BCUT2D eigenvalue weighted by Crippen LogP contribution is -2.62. The molecule has 18 N–H and O–H groups in total. The molecule has 11 atom stereocenters. The van der Waals surface area contributed by atoms with Gasteiger partial charge in [0.05, 0.1) is 33.0 Å². The Morgan fingerprint density at radius 2 is 0.900 bits per heavy atom. The predicted octanol–water partition coefficient (Wildman–Crippen LogP) is -7.38. The smallest absolute Gasteiger partial charge is 0.245 e. The lowest BCUT2D eigenvalue weighted by Gasteiger charge is -2.30. The van der Waals surface area contributed by atoms with Gasteiger partial charge in [-0.1, -0.05) is 53.7 Å². The maximum absolute atomic E-state index is 13.8. The van der Waals surface area contributed by atoms with Crippen LogP contribution in [0.2, 0.25) is 0 Å². The number of nitrogens with two attached hydrogens (primary N) is 1. The number of aliphatic hydroxyl groups is 5. The summed E-state index contributed by atoms with van der Waals surface area (Å²) in [5.74, 6) is -12.8. The van der Waals surface area contributed by atoms with Crippen LogP contribution in [0.5, 0.6) is 5.75 Å². The van der Waals surface area contributed by atoms with Crippen LogP contribution in [0.15, 0.2) is 24.3 Å². The molecule has 0 saturated carbocycles. The average molecular weight is 1140 g/mol. The van der Waals surface area contributed by atoms with Crippen molar-refractivity contribution >= 4 is 70.9 Å². The molecule has 1 saturated heterocycles. The molecule has 2 rings (SSSR count). The number of carbonyl (C=O) groups is 12. The van der Waals surface area contributed by atoms with Crippen molar-refractivity contribution in [3.05, 3.63) is 29.8 Å². The molecule has 0 aromatic heterocycles. The molecule has 0 unspecified atom stereocenters. The zero-order valence-corrected chi connectivity index (χ0v) is 46.1. The molecule has 1 aromatic carbocycles. The average Bonchev–Trinajstić information content (AvgIpc) is 3.89. The molecule has 448 valence electrons. The number of carbonyl (C=O) groups excluding carboxylic acids is 12. The minimum Gasteiger partial charge on any atom is -0.508 e. The van der Waals surface area contributed by atoms with E-state index in [2.05, 4.69) is 53.2 Å². The molecular formula is C50H80N12O18. The number of nitrogens with zero attached hydrogens (tertiary/aromatic N) is 1. The summed E-state index contributed by atoms with van der Waals surface area (Å²) >= 11 is 0. The number of benzene rings is 1. The molecule has 80 heavy (non-hydrogen) atoms. The van der Waals surface area contributed by atoms with Gasteiger partial charge in [-0.3, -0.25) is 57.5 Å². The van der Waals surface area contributed by atoms with Gasteiger partial charge < -0.3 is 94.4 Å². The molecule has 1 fully saturated rings. The summed E-state index contributed by atoms with van der Waals surface area (Å²) in [5, 5.41) is 83.2. The van der Waals surface area contributed by atoms with Crippen molar-refractivity contribution in [1.29, 1.82) is 0 Å². The zero-order valence-electron chi connectivity index (χ0n) is 46.1. The highest BCUT2D eigenvalue weighted by atomic mass is 16.3. The third kappa shape index (κ3) is 21.3. The SMILES string of the molecule is CC(=O)N[C@@H](Cc1ccc(O)cc1)C(=O)N[C@@H](CO)C(=O)N[C@@H](C)C(=O)N1CCC[C@H]1C(=O)N[C@H](C(=O)N[C@@H](CO)C(=O)N[C@@H](CO)C(=O)N[C@@H](CO)C(=O)N[C@@H](CC(C)C)C(=O)N[C@@H](CO)C(=O)N[C@H](C(N)=O)C(C)C)C(C)C. The first-order valence-electron chi connectivity index (χ1n) is 26.0. The number of amides is 12. The third-order valence-corrected chi connectivity index (χ3v) is 12.6. The van der Waals surface area contributed by atoms with Crippen molar-refractivity contribution in [3.63, 3.8) is 0 Å². The van der Waals surface area contributed by atoms with Crippen LogP contribution in [-0.4, -0.2) is 212 Å². The minimum absolute atomic E-state index is 0.0317. The summed E-state index contributed by atoms with van der Waals surface area (Å²) < 4.78 is 0. The number of hydrogen-bond acceptors (Lipinski definition) is 18. The second-order valence-corrected chi connectivity index (χ2v) is 20.3. The van der Waals surface area contributed by atoms with E-state index in [1.807, 2.05) is 0 Å². The zero-order chi connectivity index (χ0) is 60.7. The Balaban J connectivity index is 2.11. The monoisotopic (exact) mass is 1140 g/mol. The van der Waals surface area contributed by atoms with Crippen molar-refractivity contribution in [2.24, 2.45) is 23.5 Å². The predicted molar refractivity (Wildman–Crippen MR) is 281 cm³/mol. The summed E-state index contributed by atoms with van der Waals surface area (Å²) in [4.78, 5) is 159. The molecular weight excluding hydrogens is 1060 g/mol. The van der Waals surface area contributed by atoms with E-state index in [1.165, 1.54) is 52.0 Å². The summed E-state index contributed by atoms with van der Waals surface area (Å²) in [6, 6.07) is -10.5. The second kappa shape index (κ2) is 33.1. The van der Waals surface area contributed by atoms with Crippen molar-refractivity contribution in [2.75, 3.05) is 39.6 Å². The Kier molecular flexibility index (Phi) is 28.4. The quantitative estimate of drug-likeness (QED) is 0.0319. The minimum atomic E-state index is -1.87. The van der Waals surface area contributed by atoms with Crippen LogP contribution in [0.25, 0.3) is 0 Å². The Morgan fingerprint density at radius 1 is 0.512 bits per heavy atom. The molecule has 1 aliphatic rings. The summed E-state index contributed by atoms with van der Waals surface area (Å²) in [7, 11) is 0. The van der Waals surface area contributed by atoms with E-state index in [1.54, 1.807) is 27.7 Å². The van der Waals surface area contributed by atoms with Gasteiger partial charge in [-0.05, 0) is 61.6 Å². The van der Waals surface area contributed by atoms with E-state index in [0.29, 0.717) is 12.0 Å². The van der Waals surface area contributed by atoms with Gasteiger partial charge in [0.2, 0.25) is 70.9 Å². The topological polar surface area (TPSA) is 476 Å². The second-order valence-electron chi connectivity index (χ2n) is 20.3. The normalized spacial score (nSPS) is 16.9. The standard InChI is InChI=1S/C50H80N12O18/c1-23(2)16-30(41(71)56-36(22-67)47(77)60-38(24(3)4)40(51)70)54-44(74)33(19-64)57-45(75)34(20-65)58-46(76)35(21-66)59-49(79)39(25(5)6)61-48(78)37-10-9-15-62(37)50(80)26(7)52-43(73)32(18-63)55-42(72)31(53-27(8)68)17-28-11-13-29(69)14-12-28/h11-14,23-26,30-39,63-67,69H,9-10,15-22H2,1-8H3,(H2,51,70)(H,52,73)(H,53,68)(H,54,74)(H,55,72)(H,56,71)(H,57,75)(H,58,76)(H,59,79)(H,60,77)(H,61,78)/t26-,30-,31-,32-,33-,34-,35-,36-,37-,38-,39-/m0/s1. The number of aromatic hydroxyl groups is 1. The number of aliphatic hydroxyl groups excluding tert-OH is 5. The Morgan fingerprint density at radius 3 is 1.30 bits per heavy atom. The number of primary amides is 1. The van der Waals surface area contributed by atoms with E-state index < -0.39 is 182 Å². The van der Waals surface area contributed by atoms with Gasteiger partial charge in [0, 0.05) is 19.9 Å². The van der Waals surface area contributed by atoms with Crippen LogP contribution in [0.4, 0.5) is 0 Å². The first-order valence-corrected chi connectivity index (χ1v) is 26.0. The van der Waals surface area contributed by atoms with E-state index in [9.17, 15) is 88.2 Å². The molecule has 0 radical (unpaired) electrons. The fourth-order valence-electron chi connectivity index (χ4n) is 8.15. The highest BCUT2D eigenvalue weighted by Gasteiger charge is 2.40. The summed E-state index contributed by atoms with van der Waals surface area (Å²) in [6.07, 6.45) is 0.341. The summed E-state index contributed by atoms with van der Waals surface area (Å²) in [6.45, 7) is 7.06. The molecule has 0 aliphatic carbocycles. The number of phenols is 1. The van der Waals surface area contributed by atoms with E-state index >= 15 is 0 Å². The van der Waals surface area contributed by atoms with Crippen LogP contribution in [0.3, 0.4) is 0 Å². The fourth-order valence-corrected chi connectivity index (χ4v) is 8.15. The van der Waals surface area contributed by atoms with Crippen LogP contribution >= 0.6 is 0 Å². The molecule has 30 nitrogen and oxygen atoms in total. The van der Waals surface area contributed by atoms with Crippen molar-refractivity contribution in [1.82, 2.24) is 58.1 Å². The fraction of sp³-hybridized carbons (Fsp3) is 0.640. The molecule has 1 aromatic rings. The van der Waals surface area contributed by atoms with Crippen molar-refractivity contribution in [3.8, 4) is 5.75 Å². The van der Waals surface area contributed by atoms with Gasteiger partial charge in [0.25, 0.3) is 0 Å². The first-order chi connectivity index (χ1) is 37.5. The first kappa shape index (κ1) is 68.6. The van der Waals surface area contributed by atoms with Gasteiger partial charge in [-0.2, -0.15) is 0 Å². The maximum Gasteiger partial charge on any atom is 0.245 e.